The fourth-order valence-electron chi connectivity index (χ4n) is 2.49. The quantitative estimate of drug-likeness (QED) is 0.611. The van der Waals surface area contributed by atoms with Crippen LogP contribution in [-0.4, -0.2) is 27.8 Å². The molecule has 0 spiro atoms. The van der Waals surface area contributed by atoms with Gasteiger partial charge in [-0.2, -0.15) is 5.10 Å². The van der Waals surface area contributed by atoms with Gasteiger partial charge >= 0.3 is 5.97 Å². The number of rotatable bonds is 5. The van der Waals surface area contributed by atoms with Crippen LogP contribution in [0.5, 0.6) is 0 Å². The molecule has 2 aromatic carbocycles. The zero-order valence-corrected chi connectivity index (χ0v) is 16.7. The number of amides is 1. The lowest BCUT2D eigenvalue weighted by Gasteiger charge is -2.14. The van der Waals surface area contributed by atoms with Crippen molar-refractivity contribution in [2.24, 2.45) is 0 Å². The lowest BCUT2D eigenvalue weighted by atomic mass is 10.2. The van der Waals surface area contributed by atoms with Crippen LogP contribution in [0, 0.1) is 6.92 Å². The lowest BCUT2D eigenvalue weighted by Crippen LogP contribution is -2.30. The largest absolute Gasteiger partial charge is 0.449 e. The molecular formula is C20H17Cl2N3O3. The molecule has 0 bridgehead atoms. The molecule has 0 fully saturated rings. The average molecular weight is 418 g/mol. The summed E-state index contributed by atoms with van der Waals surface area (Å²) in [6.45, 7) is 3.41. The number of esters is 1. The van der Waals surface area contributed by atoms with Crippen molar-refractivity contribution in [1.82, 2.24) is 9.78 Å². The zero-order chi connectivity index (χ0) is 20.3. The number of carbonyl (C=O) groups is 2. The molecule has 28 heavy (non-hydrogen) atoms. The predicted octanol–water partition coefficient (Wildman–Crippen LogP) is 4.67. The summed E-state index contributed by atoms with van der Waals surface area (Å²) in [4.78, 5) is 24.6. The average Bonchev–Trinajstić information content (AvgIpc) is 3.10. The van der Waals surface area contributed by atoms with Gasteiger partial charge in [0.15, 0.2) is 6.10 Å². The Kier molecular flexibility index (Phi) is 6.02. The number of halogens is 2. The second-order valence-corrected chi connectivity index (χ2v) is 6.94. The second kappa shape index (κ2) is 8.46. The SMILES string of the molecule is Cc1ccnn1-c1ccc(C(=O)OC(C)C(=O)Nc2cc(Cl)ccc2Cl)cc1. The Balaban J connectivity index is 1.64. The maximum absolute atomic E-state index is 12.3. The molecule has 6 nitrogen and oxygen atoms in total. The van der Waals surface area contributed by atoms with Crippen molar-refractivity contribution in [3.8, 4) is 5.69 Å². The van der Waals surface area contributed by atoms with Crippen molar-refractivity contribution < 1.29 is 14.3 Å². The Hall–Kier alpha value is -2.83. The number of ether oxygens (including phenoxy) is 1. The highest BCUT2D eigenvalue weighted by atomic mass is 35.5. The van der Waals surface area contributed by atoms with Crippen LogP contribution in [0.2, 0.25) is 10.0 Å². The summed E-state index contributed by atoms with van der Waals surface area (Å²) in [6.07, 6.45) is 0.680. The summed E-state index contributed by atoms with van der Waals surface area (Å²) in [7, 11) is 0. The van der Waals surface area contributed by atoms with E-state index in [9.17, 15) is 9.59 Å². The standard InChI is InChI=1S/C20H17Cl2N3O3/c1-12-9-10-23-25(12)16-6-3-14(4-7-16)20(27)28-13(2)19(26)24-18-11-15(21)5-8-17(18)22/h3-11,13H,1-2H3,(H,24,26). The molecular weight excluding hydrogens is 401 g/mol. The van der Waals surface area contributed by atoms with Gasteiger partial charge in [0.25, 0.3) is 5.91 Å². The molecule has 8 heteroatoms. The summed E-state index contributed by atoms with van der Waals surface area (Å²) < 4.78 is 7.00. The molecule has 0 saturated heterocycles. The van der Waals surface area contributed by atoms with Crippen molar-refractivity contribution in [2.75, 3.05) is 5.32 Å². The normalized spacial score (nSPS) is 11.7. The number of hydrogen-bond acceptors (Lipinski definition) is 4. The van der Waals surface area contributed by atoms with Crippen LogP contribution in [0.4, 0.5) is 5.69 Å². The smallest absolute Gasteiger partial charge is 0.338 e. The molecule has 0 saturated carbocycles. The number of carbonyl (C=O) groups excluding carboxylic acids is 2. The molecule has 1 atom stereocenters. The van der Waals surface area contributed by atoms with E-state index >= 15 is 0 Å². The van der Waals surface area contributed by atoms with Crippen molar-refractivity contribution in [1.29, 1.82) is 0 Å². The number of hydrogen-bond donors (Lipinski definition) is 1. The minimum atomic E-state index is -1.02. The molecule has 0 radical (unpaired) electrons. The van der Waals surface area contributed by atoms with Gasteiger partial charge < -0.3 is 10.1 Å². The van der Waals surface area contributed by atoms with Crippen LogP contribution in [0.15, 0.2) is 54.7 Å². The van der Waals surface area contributed by atoms with E-state index in [-0.39, 0.29) is 0 Å². The van der Waals surface area contributed by atoms with Crippen molar-refractivity contribution in [2.45, 2.75) is 20.0 Å². The highest BCUT2D eigenvalue weighted by Gasteiger charge is 2.20. The number of aryl methyl sites for hydroxylation is 1. The number of aromatic nitrogens is 2. The van der Waals surface area contributed by atoms with Crippen molar-refractivity contribution >= 4 is 40.8 Å². The Morgan fingerprint density at radius 2 is 1.82 bits per heavy atom. The van der Waals surface area contributed by atoms with E-state index in [1.54, 1.807) is 47.3 Å². The third-order valence-electron chi connectivity index (χ3n) is 4.02. The minimum absolute atomic E-state index is 0.328. The van der Waals surface area contributed by atoms with Crippen LogP contribution < -0.4 is 5.32 Å². The summed E-state index contributed by atoms with van der Waals surface area (Å²) in [6, 6.07) is 13.3. The Morgan fingerprint density at radius 3 is 2.46 bits per heavy atom. The fraction of sp³-hybridized carbons (Fsp3) is 0.150. The van der Waals surface area contributed by atoms with Gasteiger partial charge in [-0.05, 0) is 62.4 Å². The van der Waals surface area contributed by atoms with E-state index in [0.717, 1.165) is 11.4 Å². The summed E-state index contributed by atoms with van der Waals surface area (Å²) >= 11 is 11.9. The van der Waals surface area contributed by atoms with E-state index in [1.165, 1.54) is 13.0 Å². The molecule has 0 aliphatic heterocycles. The molecule has 1 unspecified atom stereocenters. The van der Waals surface area contributed by atoms with Gasteiger partial charge in [0, 0.05) is 16.9 Å². The maximum atomic E-state index is 12.3. The highest BCUT2D eigenvalue weighted by Crippen LogP contribution is 2.25. The first-order valence-corrected chi connectivity index (χ1v) is 9.18. The molecule has 1 heterocycles. The van der Waals surface area contributed by atoms with Crippen LogP contribution >= 0.6 is 23.2 Å². The number of nitrogens with one attached hydrogen (secondary N) is 1. The summed E-state index contributed by atoms with van der Waals surface area (Å²) in [5.74, 6) is -1.12. The Bertz CT molecular complexity index is 1020. The van der Waals surface area contributed by atoms with Gasteiger partial charge in [0.1, 0.15) is 0 Å². The van der Waals surface area contributed by atoms with E-state index in [1.807, 2.05) is 13.0 Å². The number of nitrogens with zero attached hydrogens (tertiary/aromatic N) is 2. The minimum Gasteiger partial charge on any atom is -0.449 e. The van der Waals surface area contributed by atoms with Crippen LogP contribution in [0.3, 0.4) is 0 Å². The molecule has 1 N–H and O–H groups in total. The van der Waals surface area contributed by atoms with E-state index < -0.39 is 18.0 Å². The van der Waals surface area contributed by atoms with E-state index in [4.69, 9.17) is 27.9 Å². The van der Waals surface area contributed by atoms with Gasteiger partial charge in [0.2, 0.25) is 0 Å². The predicted molar refractivity (Wildman–Crippen MR) is 108 cm³/mol. The van der Waals surface area contributed by atoms with Crippen LogP contribution in [-0.2, 0) is 9.53 Å². The van der Waals surface area contributed by atoms with E-state index in [0.29, 0.717) is 21.3 Å². The van der Waals surface area contributed by atoms with Gasteiger partial charge in [-0.15, -0.1) is 0 Å². The maximum Gasteiger partial charge on any atom is 0.338 e. The zero-order valence-electron chi connectivity index (χ0n) is 15.1. The highest BCUT2D eigenvalue weighted by molar-refractivity contribution is 6.35. The first-order valence-electron chi connectivity index (χ1n) is 8.43. The van der Waals surface area contributed by atoms with E-state index in [2.05, 4.69) is 10.4 Å². The first kappa shape index (κ1) is 19.9. The van der Waals surface area contributed by atoms with Crippen molar-refractivity contribution in [3.05, 3.63) is 76.0 Å². The molecule has 0 aliphatic rings. The molecule has 3 rings (SSSR count). The Labute approximate surface area is 172 Å². The Morgan fingerprint density at radius 1 is 1.11 bits per heavy atom. The number of benzene rings is 2. The molecule has 0 aliphatic carbocycles. The first-order chi connectivity index (χ1) is 13.3. The summed E-state index contributed by atoms with van der Waals surface area (Å²) in [5.41, 5.74) is 2.47. The third kappa shape index (κ3) is 4.52. The molecule has 144 valence electrons. The van der Waals surface area contributed by atoms with Gasteiger partial charge in [0.05, 0.1) is 22.0 Å². The number of anilines is 1. The van der Waals surface area contributed by atoms with Gasteiger partial charge in [-0.3, -0.25) is 4.79 Å². The fourth-order valence-corrected chi connectivity index (χ4v) is 2.83. The topological polar surface area (TPSA) is 73.2 Å². The monoisotopic (exact) mass is 417 g/mol. The van der Waals surface area contributed by atoms with Gasteiger partial charge in [-0.1, -0.05) is 23.2 Å². The third-order valence-corrected chi connectivity index (χ3v) is 4.58. The molecule has 3 aromatic rings. The molecule has 1 aromatic heterocycles. The van der Waals surface area contributed by atoms with Crippen molar-refractivity contribution in [3.63, 3.8) is 0 Å². The second-order valence-electron chi connectivity index (χ2n) is 6.09. The van der Waals surface area contributed by atoms with Crippen LogP contribution in [0.1, 0.15) is 23.0 Å². The molecule has 1 amide bonds. The lowest BCUT2D eigenvalue weighted by molar-refractivity contribution is -0.123. The van der Waals surface area contributed by atoms with Gasteiger partial charge in [-0.25, -0.2) is 9.48 Å². The van der Waals surface area contributed by atoms with Crippen LogP contribution in [0.25, 0.3) is 5.69 Å². The summed E-state index contributed by atoms with van der Waals surface area (Å²) in [5, 5.41) is 7.57.